The van der Waals surface area contributed by atoms with E-state index in [2.05, 4.69) is 20.9 Å². The van der Waals surface area contributed by atoms with Crippen molar-refractivity contribution < 1.29 is 9.90 Å². The average molecular weight is 285 g/mol. The minimum atomic E-state index is -0.0506. The zero-order chi connectivity index (χ0) is 11.5. The molecule has 1 aliphatic rings. The minimum Gasteiger partial charge on any atom is -0.394 e. The fourth-order valence-electron chi connectivity index (χ4n) is 1.99. The number of amides is 1. The van der Waals surface area contributed by atoms with Crippen molar-refractivity contribution >= 4 is 21.8 Å². The Morgan fingerprint density at radius 3 is 3.12 bits per heavy atom. The van der Waals surface area contributed by atoms with Crippen LogP contribution in [-0.4, -0.2) is 40.1 Å². The molecule has 4 nitrogen and oxygen atoms in total. The van der Waals surface area contributed by atoms with Crippen LogP contribution >= 0.6 is 15.9 Å². The van der Waals surface area contributed by atoms with Crippen LogP contribution < -0.4 is 0 Å². The van der Waals surface area contributed by atoms with Gasteiger partial charge in [-0.1, -0.05) is 0 Å². The van der Waals surface area contributed by atoms with Crippen LogP contribution in [0.4, 0.5) is 0 Å². The van der Waals surface area contributed by atoms with E-state index in [-0.39, 0.29) is 18.6 Å². The Morgan fingerprint density at radius 2 is 2.44 bits per heavy atom. The summed E-state index contributed by atoms with van der Waals surface area (Å²) in [7, 11) is 0. The minimum absolute atomic E-state index is 0.0349. The number of hydrogen-bond donors (Lipinski definition) is 1. The van der Waals surface area contributed by atoms with Gasteiger partial charge in [-0.25, -0.2) is 0 Å². The molecule has 1 aromatic heterocycles. The first-order chi connectivity index (χ1) is 7.72. The van der Waals surface area contributed by atoms with Crippen molar-refractivity contribution in [1.82, 2.24) is 9.88 Å². The van der Waals surface area contributed by atoms with Crippen molar-refractivity contribution in [2.24, 2.45) is 0 Å². The molecule has 0 aliphatic carbocycles. The Morgan fingerprint density at radius 1 is 1.62 bits per heavy atom. The Balaban J connectivity index is 2.18. The van der Waals surface area contributed by atoms with Gasteiger partial charge < -0.3 is 10.0 Å². The van der Waals surface area contributed by atoms with Crippen LogP contribution in [0.3, 0.4) is 0 Å². The van der Waals surface area contributed by atoms with Gasteiger partial charge in [0.05, 0.1) is 18.2 Å². The van der Waals surface area contributed by atoms with Crippen molar-refractivity contribution in [3.63, 3.8) is 0 Å². The third-order valence-corrected chi connectivity index (χ3v) is 3.23. The van der Waals surface area contributed by atoms with Crippen LogP contribution in [-0.2, 0) is 0 Å². The van der Waals surface area contributed by atoms with Crippen LogP contribution in [0.1, 0.15) is 23.2 Å². The molecule has 2 rings (SSSR count). The number of halogens is 1. The van der Waals surface area contributed by atoms with Gasteiger partial charge in [-0.3, -0.25) is 9.78 Å². The second-order valence-corrected chi connectivity index (χ2v) is 4.78. The van der Waals surface area contributed by atoms with E-state index in [0.717, 1.165) is 23.9 Å². The van der Waals surface area contributed by atoms with E-state index in [1.54, 1.807) is 23.4 Å². The molecule has 0 radical (unpaired) electrons. The zero-order valence-corrected chi connectivity index (χ0v) is 10.4. The first-order valence-corrected chi connectivity index (χ1v) is 6.04. The topological polar surface area (TPSA) is 53.4 Å². The summed E-state index contributed by atoms with van der Waals surface area (Å²) in [6.45, 7) is 0.754. The maximum Gasteiger partial charge on any atom is 0.255 e. The summed E-state index contributed by atoms with van der Waals surface area (Å²) < 4.78 is 0.790. The summed E-state index contributed by atoms with van der Waals surface area (Å²) in [6.07, 6.45) is 5.03. The van der Waals surface area contributed by atoms with Crippen molar-refractivity contribution in [3.8, 4) is 0 Å². The molecular formula is C11H13BrN2O2. The van der Waals surface area contributed by atoms with E-state index in [1.165, 1.54) is 0 Å². The molecule has 1 unspecified atom stereocenters. The molecule has 1 aliphatic heterocycles. The van der Waals surface area contributed by atoms with E-state index < -0.39 is 0 Å². The maximum atomic E-state index is 12.1. The van der Waals surface area contributed by atoms with Crippen molar-refractivity contribution in [3.05, 3.63) is 28.5 Å². The number of hydrogen-bond acceptors (Lipinski definition) is 3. The Labute approximate surface area is 102 Å². The first-order valence-electron chi connectivity index (χ1n) is 5.24. The number of carbonyl (C=O) groups excluding carboxylic acids is 1. The lowest BCUT2D eigenvalue weighted by Crippen LogP contribution is -2.37. The average Bonchev–Trinajstić information content (AvgIpc) is 2.76. The van der Waals surface area contributed by atoms with E-state index in [9.17, 15) is 4.79 Å². The molecule has 1 fully saturated rings. The van der Waals surface area contributed by atoms with Gasteiger partial charge in [-0.15, -0.1) is 0 Å². The van der Waals surface area contributed by atoms with E-state index in [4.69, 9.17) is 5.11 Å². The first kappa shape index (κ1) is 11.5. The highest BCUT2D eigenvalue weighted by atomic mass is 79.9. The lowest BCUT2D eigenvalue weighted by atomic mass is 10.2. The molecule has 0 spiro atoms. The van der Waals surface area contributed by atoms with Crippen LogP contribution in [0.5, 0.6) is 0 Å². The van der Waals surface area contributed by atoms with Gasteiger partial charge in [-0.05, 0) is 34.8 Å². The van der Waals surface area contributed by atoms with Gasteiger partial charge in [0, 0.05) is 23.4 Å². The quantitative estimate of drug-likeness (QED) is 0.894. The summed E-state index contributed by atoms with van der Waals surface area (Å²) in [4.78, 5) is 17.8. The molecule has 1 atom stereocenters. The van der Waals surface area contributed by atoms with Gasteiger partial charge in [0.1, 0.15) is 0 Å². The van der Waals surface area contributed by atoms with Crippen LogP contribution in [0.25, 0.3) is 0 Å². The van der Waals surface area contributed by atoms with Gasteiger partial charge in [-0.2, -0.15) is 0 Å². The largest absolute Gasteiger partial charge is 0.394 e. The maximum absolute atomic E-state index is 12.1. The predicted molar refractivity (Wildman–Crippen MR) is 63.1 cm³/mol. The molecule has 1 amide bonds. The molecule has 86 valence electrons. The van der Waals surface area contributed by atoms with Crippen molar-refractivity contribution in [2.75, 3.05) is 13.2 Å². The lowest BCUT2D eigenvalue weighted by Gasteiger charge is -2.22. The molecule has 1 saturated heterocycles. The monoisotopic (exact) mass is 284 g/mol. The molecule has 0 aromatic carbocycles. The SMILES string of the molecule is O=C(c1cncc(Br)c1)N1CCCC1CO. The lowest BCUT2D eigenvalue weighted by molar-refractivity contribution is 0.0677. The third kappa shape index (κ3) is 2.25. The van der Waals surface area contributed by atoms with Crippen LogP contribution in [0.2, 0.25) is 0 Å². The van der Waals surface area contributed by atoms with Gasteiger partial charge in [0.25, 0.3) is 5.91 Å². The van der Waals surface area contributed by atoms with Crippen LogP contribution in [0, 0.1) is 0 Å². The van der Waals surface area contributed by atoms with Crippen molar-refractivity contribution in [2.45, 2.75) is 18.9 Å². The molecule has 2 heterocycles. The van der Waals surface area contributed by atoms with Gasteiger partial charge in [0.15, 0.2) is 0 Å². The fourth-order valence-corrected chi connectivity index (χ4v) is 2.35. The van der Waals surface area contributed by atoms with E-state index in [1.807, 2.05) is 0 Å². The zero-order valence-electron chi connectivity index (χ0n) is 8.77. The highest BCUT2D eigenvalue weighted by molar-refractivity contribution is 9.10. The number of rotatable bonds is 2. The smallest absolute Gasteiger partial charge is 0.255 e. The summed E-state index contributed by atoms with van der Waals surface area (Å²) in [6, 6.07) is 1.72. The molecule has 0 bridgehead atoms. The molecule has 1 aromatic rings. The Hall–Kier alpha value is -0.940. The number of aliphatic hydroxyl groups is 1. The number of carbonyl (C=O) groups is 1. The number of nitrogens with zero attached hydrogens (tertiary/aromatic N) is 2. The predicted octanol–water partition coefficient (Wildman–Crippen LogP) is 1.44. The highest BCUT2D eigenvalue weighted by Gasteiger charge is 2.28. The second kappa shape index (κ2) is 4.93. The van der Waals surface area contributed by atoms with Crippen molar-refractivity contribution in [1.29, 1.82) is 0 Å². The molecule has 16 heavy (non-hydrogen) atoms. The Kier molecular flexibility index (Phi) is 3.56. The Bertz CT molecular complexity index is 397. The molecular weight excluding hydrogens is 272 g/mol. The summed E-state index contributed by atoms with van der Waals surface area (Å²) >= 11 is 3.29. The fraction of sp³-hybridized carbons (Fsp3) is 0.455. The molecule has 0 saturated carbocycles. The van der Waals surface area contributed by atoms with E-state index >= 15 is 0 Å². The van der Waals surface area contributed by atoms with Gasteiger partial charge in [0.2, 0.25) is 0 Å². The van der Waals surface area contributed by atoms with E-state index in [0.29, 0.717) is 5.56 Å². The number of aromatic nitrogens is 1. The summed E-state index contributed by atoms with van der Waals surface area (Å²) in [5.41, 5.74) is 0.565. The second-order valence-electron chi connectivity index (χ2n) is 3.87. The normalized spacial score (nSPS) is 20.1. The number of pyridine rings is 1. The van der Waals surface area contributed by atoms with Crippen LogP contribution in [0.15, 0.2) is 22.9 Å². The molecule has 1 N–H and O–H groups in total. The number of aliphatic hydroxyl groups excluding tert-OH is 1. The molecule has 5 heteroatoms. The highest BCUT2D eigenvalue weighted by Crippen LogP contribution is 2.20. The standard InChI is InChI=1S/C11H13BrN2O2/c12-9-4-8(5-13-6-9)11(16)14-3-1-2-10(14)7-15/h4-6,10,15H,1-3,7H2. The summed E-state index contributed by atoms with van der Waals surface area (Å²) in [5, 5.41) is 9.17. The number of likely N-dealkylation sites (tertiary alicyclic amines) is 1. The summed E-state index contributed by atoms with van der Waals surface area (Å²) in [5.74, 6) is -0.0506. The third-order valence-electron chi connectivity index (χ3n) is 2.80. The van der Waals surface area contributed by atoms with Gasteiger partial charge >= 0.3 is 0 Å².